The van der Waals surface area contributed by atoms with E-state index in [1.54, 1.807) is 7.11 Å². The minimum atomic E-state index is -0.108. The van der Waals surface area contributed by atoms with Crippen molar-refractivity contribution in [3.8, 4) is 0 Å². The number of carbonyl (C=O) groups excluding carboxylic acids is 2. The maximum Gasteiger partial charge on any atom is 0.229 e. The smallest absolute Gasteiger partial charge is 0.229 e. The first-order valence-electron chi connectivity index (χ1n) is 6.01. The van der Waals surface area contributed by atoms with Gasteiger partial charge in [0.15, 0.2) is 5.96 Å². The van der Waals surface area contributed by atoms with Crippen LogP contribution in [0.1, 0.15) is 19.3 Å². The molecule has 0 aromatic carbocycles. The van der Waals surface area contributed by atoms with Crippen LogP contribution >= 0.6 is 0 Å². The van der Waals surface area contributed by atoms with E-state index in [1.807, 2.05) is 0 Å². The normalized spacial score (nSPS) is 17.2. The molecule has 3 N–H and O–H groups in total. The van der Waals surface area contributed by atoms with E-state index in [9.17, 15) is 9.59 Å². The van der Waals surface area contributed by atoms with Gasteiger partial charge in [-0.15, -0.1) is 0 Å². The molecule has 0 spiro atoms. The molecule has 0 unspecified atom stereocenters. The number of piperidine rings is 1. The fraction of sp³-hybridized carbons (Fsp3) is 0.727. The Morgan fingerprint density at radius 1 is 1.44 bits per heavy atom. The van der Waals surface area contributed by atoms with Gasteiger partial charge in [-0.1, -0.05) is 0 Å². The third-order valence-electron chi connectivity index (χ3n) is 2.60. The molecular weight excluding hydrogens is 236 g/mol. The summed E-state index contributed by atoms with van der Waals surface area (Å²) in [6, 6.07) is 0. The highest BCUT2D eigenvalue weighted by Gasteiger charge is 2.24. The summed E-state index contributed by atoms with van der Waals surface area (Å²) in [6.45, 7) is 1.74. The molecule has 0 saturated carbocycles. The van der Waals surface area contributed by atoms with Crippen molar-refractivity contribution in [1.29, 1.82) is 0 Å². The molecule has 2 amide bonds. The number of rotatable bonds is 6. The van der Waals surface area contributed by atoms with Crippen LogP contribution in [0.5, 0.6) is 0 Å². The average Bonchev–Trinajstić information content (AvgIpc) is 2.33. The summed E-state index contributed by atoms with van der Waals surface area (Å²) in [5.41, 5.74) is 5.59. The summed E-state index contributed by atoms with van der Waals surface area (Å²) in [4.78, 5) is 28.3. The van der Waals surface area contributed by atoms with Crippen LogP contribution in [0.4, 0.5) is 0 Å². The Morgan fingerprint density at radius 2 is 2.11 bits per heavy atom. The molecule has 102 valence electrons. The zero-order valence-corrected chi connectivity index (χ0v) is 10.6. The number of methoxy groups -OCH3 is 1. The number of carbonyl (C=O) groups is 2. The van der Waals surface area contributed by atoms with Crippen LogP contribution in [0, 0.1) is 0 Å². The van der Waals surface area contributed by atoms with Crippen LogP contribution in [0.15, 0.2) is 4.99 Å². The summed E-state index contributed by atoms with van der Waals surface area (Å²) in [7, 11) is 1.59. The number of ether oxygens (including phenoxy) is 1. The van der Waals surface area contributed by atoms with E-state index in [2.05, 4.69) is 10.3 Å². The lowest BCUT2D eigenvalue weighted by molar-refractivity contribution is -0.147. The first-order valence-corrected chi connectivity index (χ1v) is 6.01. The molecule has 0 atom stereocenters. The number of aliphatic imine (C=N–C) groups is 1. The highest BCUT2D eigenvalue weighted by atomic mass is 16.5. The molecule has 1 aliphatic rings. The van der Waals surface area contributed by atoms with E-state index in [0.717, 1.165) is 0 Å². The Hall–Kier alpha value is -1.63. The molecule has 1 heterocycles. The van der Waals surface area contributed by atoms with Crippen LogP contribution in [0.25, 0.3) is 0 Å². The van der Waals surface area contributed by atoms with Gasteiger partial charge in [-0.2, -0.15) is 0 Å². The second-order valence-electron chi connectivity index (χ2n) is 3.98. The third-order valence-corrected chi connectivity index (χ3v) is 2.60. The molecule has 0 radical (unpaired) electrons. The lowest BCUT2D eigenvalue weighted by atomic mass is 10.1. The van der Waals surface area contributed by atoms with Gasteiger partial charge < -0.3 is 15.8 Å². The maximum atomic E-state index is 11.5. The molecule has 18 heavy (non-hydrogen) atoms. The fourth-order valence-corrected chi connectivity index (χ4v) is 1.66. The SMILES string of the molecule is COCCN=C(N)NCCN1C(=O)CCCC1=O. The summed E-state index contributed by atoms with van der Waals surface area (Å²) in [5, 5.41) is 2.86. The van der Waals surface area contributed by atoms with Gasteiger partial charge >= 0.3 is 0 Å². The highest BCUT2D eigenvalue weighted by molar-refractivity contribution is 5.97. The minimum Gasteiger partial charge on any atom is -0.383 e. The van der Waals surface area contributed by atoms with E-state index < -0.39 is 0 Å². The lowest BCUT2D eigenvalue weighted by Gasteiger charge is -2.24. The van der Waals surface area contributed by atoms with Gasteiger partial charge in [0.1, 0.15) is 0 Å². The number of amides is 2. The van der Waals surface area contributed by atoms with Crippen LogP contribution in [0.3, 0.4) is 0 Å². The van der Waals surface area contributed by atoms with Crippen molar-refractivity contribution in [2.75, 3.05) is 33.4 Å². The average molecular weight is 256 g/mol. The highest BCUT2D eigenvalue weighted by Crippen LogP contribution is 2.10. The quantitative estimate of drug-likeness (QED) is 0.277. The Morgan fingerprint density at radius 3 is 2.72 bits per heavy atom. The number of hydrogen-bond donors (Lipinski definition) is 2. The molecule has 1 fully saturated rings. The monoisotopic (exact) mass is 256 g/mol. The van der Waals surface area contributed by atoms with Crippen molar-refractivity contribution < 1.29 is 14.3 Å². The van der Waals surface area contributed by atoms with Gasteiger partial charge in [-0.05, 0) is 6.42 Å². The van der Waals surface area contributed by atoms with Crippen molar-refractivity contribution in [2.45, 2.75) is 19.3 Å². The molecule has 0 aliphatic carbocycles. The van der Waals surface area contributed by atoms with Gasteiger partial charge in [0.05, 0.1) is 13.2 Å². The second-order valence-corrected chi connectivity index (χ2v) is 3.98. The van der Waals surface area contributed by atoms with E-state index in [1.165, 1.54) is 4.90 Å². The van der Waals surface area contributed by atoms with Crippen molar-refractivity contribution in [3.63, 3.8) is 0 Å². The van der Waals surface area contributed by atoms with Crippen LogP contribution in [0.2, 0.25) is 0 Å². The molecule has 7 heteroatoms. The van der Waals surface area contributed by atoms with Gasteiger partial charge in [-0.25, -0.2) is 0 Å². The minimum absolute atomic E-state index is 0.108. The first-order chi connectivity index (χ1) is 8.65. The zero-order chi connectivity index (χ0) is 13.4. The summed E-state index contributed by atoms with van der Waals surface area (Å²) < 4.78 is 4.83. The number of guanidine groups is 1. The molecule has 0 aromatic rings. The molecular formula is C11H20N4O3. The Labute approximate surface area is 106 Å². The predicted octanol–water partition coefficient (Wildman–Crippen LogP) is -0.924. The third kappa shape index (κ3) is 4.70. The first kappa shape index (κ1) is 14.4. The van der Waals surface area contributed by atoms with Gasteiger partial charge in [0.25, 0.3) is 0 Å². The number of imide groups is 1. The number of likely N-dealkylation sites (tertiary alicyclic amines) is 1. The topological polar surface area (TPSA) is 97.0 Å². The van der Waals surface area contributed by atoms with Crippen molar-refractivity contribution >= 4 is 17.8 Å². The fourth-order valence-electron chi connectivity index (χ4n) is 1.66. The summed E-state index contributed by atoms with van der Waals surface area (Å²) in [6.07, 6.45) is 1.55. The number of nitrogens with zero attached hydrogens (tertiary/aromatic N) is 2. The van der Waals surface area contributed by atoms with Gasteiger partial charge in [-0.3, -0.25) is 19.5 Å². The Bertz CT molecular complexity index is 314. The van der Waals surface area contributed by atoms with Gasteiger partial charge in [0, 0.05) is 33.0 Å². The Kier molecular flexibility index (Phi) is 6.13. The van der Waals surface area contributed by atoms with Crippen molar-refractivity contribution in [1.82, 2.24) is 10.2 Å². The number of nitrogens with one attached hydrogen (secondary N) is 1. The zero-order valence-electron chi connectivity index (χ0n) is 10.6. The van der Waals surface area contributed by atoms with Crippen molar-refractivity contribution in [2.24, 2.45) is 10.7 Å². The standard InChI is InChI=1S/C11H20N4O3/c1-18-8-6-14-11(12)13-5-7-15-9(16)3-2-4-10(15)17/h2-8H2,1H3,(H3,12,13,14). The summed E-state index contributed by atoms with van der Waals surface area (Å²) in [5.74, 6) is 0.0786. The van der Waals surface area contributed by atoms with Gasteiger partial charge in [0.2, 0.25) is 11.8 Å². The maximum absolute atomic E-state index is 11.5. The predicted molar refractivity (Wildman–Crippen MR) is 66.9 cm³/mol. The molecule has 0 aromatic heterocycles. The molecule has 1 rings (SSSR count). The molecule has 1 saturated heterocycles. The van der Waals surface area contributed by atoms with E-state index >= 15 is 0 Å². The largest absolute Gasteiger partial charge is 0.383 e. The molecule has 7 nitrogen and oxygen atoms in total. The van der Waals surface area contributed by atoms with E-state index in [-0.39, 0.29) is 11.8 Å². The second kappa shape index (κ2) is 7.65. The van der Waals surface area contributed by atoms with E-state index in [0.29, 0.717) is 51.5 Å². The van der Waals surface area contributed by atoms with Crippen LogP contribution < -0.4 is 11.1 Å². The van der Waals surface area contributed by atoms with E-state index in [4.69, 9.17) is 10.5 Å². The van der Waals surface area contributed by atoms with Crippen LogP contribution in [-0.4, -0.2) is 56.0 Å². The van der Waals surface area contributed by atoms with Crippen LogP contribution in [-0.2, 0) is 14.3 Å². The van der Waals surface area contributed by atoms with Crippen molar-refractivity contribution in [3.05, 3.63) is 0 Å². The molecule has 0 bridgehead atoms. The number of nitrogens with two attached hydrogens (primary N) is 1. The number of hydrogen-bond acceptors (Lipinski definition) is 4. The molecule has 1 aliphatic heterocycles. The Balaban J connectivity index is 2.25. The lowest BCUT2D eigenvalue weighted by Crippen LogP contribution is -2.45. The summed E-state index contributed by atoms with van der Waals surface area (Å²) >= 11 is 0.